The summed E-state index contributed by atoms with van der Waals surface area (Å²) >= 11 is 0. The van der Waals surface area contributed by atoms with Crippen molar-refractivity contribution in [3.63, 3.8) is 0 Å². The molecule has 7 nitrogen and oxygen atoms in total. The standard InChI is InChI=1S/C18H21N5O2/c1-20-7-8-23-13-19-15(16(23)18(20)25)17(24)22-11-9-21(10-12-22)14-5-3-2-4-6-14/h2-6,13H,7-12H2,1H3. The van der Waals surface area contributed by atoms with E-state index in [1.165, 1.54) is 5.69 Å². The molecule has 2 aliphatic rings. The molecule has 0 unspecified atom stereocenters. The molecule has 2 aliphatic heterocycles. The SMILES string of the molecule is CN1CCn2cnc(C(=O)N3CCN(c4ccccc4)CC3)c2C1=O. The van der Waals surface area contributed by atoms with Gasteiger partial charge >= 0.3 is 0 Å². The molecule has 1 fully saturated rings. The Balaban J connectivity index is 1.49. The molecule has 0 N–H and O–H groups in total. The number of anilines is 1. The van der Waals surface area contributed by atoms with Gasteiger partial charge in [-0.2, -0.15) is 0 Å². The summed E-state index contributed by atoms with van der Waals surface area (Å²) in [5, 5.41) is 0. The number of hydrogen-bond donors (Lipinski definition) is 0. The first kappa shape index (κ1) is 15.7. The maximum absolute atomic E-state index is 12.9. The second-order valence-electron chi connectivity index (χ2n) is 6.48. The molecule has 25 heavy (non-hydrogen) atoms. The highest BCUT2D eigenvalue weighted by atomic mass is 16.2. The minimum Gasteiger partial charge on any atom is -0.368 e. The van der Waals surface area contributed by atoms with Crippen LogP contribution >= 0.6 is 0 Å². The van der Waals surface area contributed by atoms with Gasteiger partial charge in [0, 0.05) is 52.0 Å². The molecular weight excluding hydrogens is 318 g/mol. The van der Waals surface area contributed by atoms with Gasteiger partial charge in [0.1, 0.15) is 5.69 Å². The summed E-state index contributed by atoms with van der Waals surface area (Å²) in [7, 11) is 1.76. The van der Waals surface area contributed by atoms with E-state index in [0.29, 0.717) is 31.9 Å². The van der Waals surface area contributed by atoms with E-state index in [1.54, 1.807) is 27.7 Å². The largest absolute Gasteiger partial charge is 0.368 e. The number of carbonyl (C=O) groups excluding carboxylic acids is 2. The lowest BCUT2D eigenvalue weighted by Gasteiger charge is -2.36. The average Bonchev–Trinajstić information content (AvgIpc) is 3.10. The number of imidazole rings is 1. The van der Waals surface area contributed by atoms with Gasteiger partial charge in [-0.1, -0.05) is 18.2 Å². The Labute approximate surface area is 146 Å². The Hall–Kier alpha value is -2.83. The Morgan fingerprint density at radius 2 is 1.72 bits per heavy atom. The number of likely N-dealkylation sites (N-methyl/N-ethyl adjacent to an activating group) is 1. The van der Waals surface area contributed by atoms with Gasteiger partial charge in [0.15, 0.2) is 5.69 Å². The van der Waals surface area contributed by atoms with Crippen molar-refractivity contribution in [2.75, 3.05) is 44.7 Å². The molecule has 2 aromatic rings. The van der Waals surface area contributed by atoms with Gasteiger partial charge in [0.25, 0.3) is 11.8 Å². The van der Waals surface area contributed by atoms with Crippen LogP contribution in [0.4, 0.5) is 5.69 Å². The highest BCUT2D eigenvalue weighted by molar-refractivity contribution is 6.05. The first-order chi connectivity index (χ1) is 12.1. The summed E-state index contributed by atoms with van der Waals surface area (Å²) in [6, 6.07) is 10.2. The second-order valence-corrected chi connectivity index (χ2v) is 6.48. The Morgan fingerprint density at radius 3 is 2.44 bits per heavy atom. The third-order valence-electron chi connectivity index (χ3n) is 4.95. The van der Waals surface area contributed by atoms with Crippen molar-refractivity contribution >= 4 is 17.5 Å². The first-order valence-corrected chi connectivity index (χ1v) is 8.55. The fourth-order valence-electron chi connectivity index (χ4n) is 3.43. The van der Waals surface area contributed by atoms with E-state index in [4.69, 9.17) is 0 Å². The van der Waals surface area contributed by atoms with Crippen LogP contribution in [0.25, 0.3) is 0 Å². The number of para-hydroxylation sites is 1. The van der Waals surface area contributed by atoms with Crippen LogP contribution in [0, 0.1) is 0 Å². The summed E-state index contributed by atoms with van der Waals surface area (Å²) in [6.07, 6.45) is 1.60. The van der Waals surface area contributed by atoms with Crippen LogP contribution in [0.5, 0.6) is 0 Å². The number of nitrogens with zero attached hydrogens (tertiary/aromatic N) is 5. The van der Waals surface area contributed by atoms with Crippen LogP contribution in [0.2, 0.25) is 0 Å². The fraction of sp³-hybridized carbons (Fsp3) is 0.389. The van der Waals surface area contributed by atoms with Crippen molar-refractivity contribution in [2.24, 2.45) is 0 Å². The monoisotopic (exact) mass is 339 g/mol. The van der Waals surface area contributed by atoms with Gasteiger partial charge in [-0.15, -0.1) is 0 Å². The molecule has 4 rings (SSSR count). The van der Waals surface area contributed by atoms with E-state index in [1.807, 2.05) is 18.2 Å². The van der Waals surface area contributed by atoms with Crippen LogP contribution in [0.15, 0.2) is 36.7 Å². The van der Waals surface area contributed by atoms with Crippen molar-refractivity contribution in [3.05, 3.63) is 48.0 Å². The van der Waals surface area contributed by atoms with Crippen LogP contribution in [-0.4, -0.2) is 70.9 Å². The number of hydrogen-bond acceptors (Lipinski definition) is 4. The van der Waals surface area contributed by atoms with Gasteiger partial charge in [-0.05, 0) is 12.1 Å². The number of carbonyl (C=O) groups is 2. The molecule has 1 aromatic heterocycles. The topological polar surface area (TPSA) is 61.7 Å². The minimum absolute atomic E-state index is 0.130. The molecule has 0 radical (unpaired) electrons. The Kier molecular flexibility index (Phi) is 3.91. The number of amides is 2. The number of piperazine rings is 1. The van der Waals surface area contributed by atoms with Gasteiger partial charge in [0.2, 0.25) is 0 Å². The number of fused-ring (bicyclic) bond motifs is 1. The van der Waals surface area contributed by atoms with Crippen molar-refractivity contribution < 1.29 is 9.59 Å². The van der Waals surface area contributed by atoms with Gasteiger partial charge in [-0.25, -0.2) is 4.98 Å². The fourth-order valence-corrected chi connectivity index (χ4v) is 3.43. The zero-order valence-corrected chi connectivity index (χ0v) is 14.3. The van der Waals surface area contributed by atoms with Crippen LogP contribution in [-0.2, 0) is 6.54 Å². The molecule has 130 valence electrons. The Morgan fingerprint density at radius 1 is 1.00 bits per heavy atom. The van der Waals surface area contributed by atoms with Crippen LogP contribution in [0.3, 0.4) is 0 Å². The zero-order chi connectivity index (χ0) is 17.4. The van der Waals surface area contributed by atoms with Gasteiger partial charge in [-0.3, -0.25) is 9.59 Å². The van der Waals surface area contributed by atoms with E-state index in [0.717, 1.165) is 13.1 Å². The van der Waals surface area contributed by atoms with Crippen molar-refractivity contribution in [2.45, 2.75) is 6.54 Å². The van der Waals surface area contributed by atoms with Crippen LogP contribution in [0.1, 0.15) is 21.0 Å². The van der Waals surface area contributed by atoms with E-state index in [-0.39, 0.29) is 17.5 Å². The van der Waals surface area contributed by atoms with Crippen LogP contribution < -0.4 is 4.90 Å². The lowest BCUT2D eigenvalue weighted by molar-refractivity contribution is 0.0701. The maximum atomic E-state index is 12.9. The second kappa shape index (κ2) is 6.23. The highest BCUT2D eigenvalue weighted by Gasteiger charge is 2.32. The lowest BCUT2D eigenvalue weighted by Crippen LogP contribution is -2.49. The summed E-state index contributed by atoms with van der Waals surface area (Å²) in [4.78, 5) is 35.2. The number of aromatic nitrogens is 2. The molecule has 1 saturated heterocycles. The molecule has 2 amide bonds. The molecule has 0 spiro atoms. The van der Waals surface area contributed by atoms with E-state index in [9.17, 15) is 9.59 Å². The van der Waals surface area contributed by atoms with E-state index < -0.39 is 0 Å². The Bertz CT molecular complexity index is 793. The van der Waals surface area contributed by atoms with Crippen molar-refractivity contribution in [1.29, 1.82) is 0 Å². The number of rotatable bonds is 2. The predicted octanol–water partition coefficient (Wildman–Crippen LogP) is 0.931. The molecule has 3 heterocycles. The molecule has 0 aliphatic carbocycles. The number of benzene rings is 1. The summed E-state index contributed by atoms with van der Waals surface area (Å²) in [5.41, 5.74) is 1.87. The summed E-state index contributed by atoms with van der Waals surface area (Å²) < 4.78 is 1.79. The first-order valence-electron chi connectivity index (χ1n) is 8.55. The van der Waals surface area contributed by atoms with Gasteiger partial charge < -0.3 is 19.3 Å². The van der Waals surface area contributed by atoms with Crippen molar-refractivity contribution in [1.82, 2.24) is 19.4 Å². The minimum atomic E-state index is -0.148. The molecular formula is C18H21N5O2. The molecule has 0 saturated carbocycles. The third kappa shape index (κ3) is 2.75. The maximum Gasteiger partial charge on any atom is 0.275 e. The third-order valence-corrected chi connectivity index (χ3v) is 4.95. The zero-order valence-electron chi connectivity index (χ0n) is 14.3. The smallest absolute Gasteiger partial charge is 0.275 e. The highest BCUT2D eigenvalue weighted by Crippen LogP contribution is 2.20. The van der Waals surface area contributed by atoms with Gasteiger partial charge in [0.05, 0.1) is 6.33 Å². The normalized spacial score (nSPS) is 17.6. The molecule has 1 aromatic carbocycles. The quantitative estimate of drug-likeness (QED) is 0.817. The van der Waals surface area contributed by atoms with E-state index >= 15 is 0 Å². The molecule has 0 bridgehead atoms. The van der Waals surface area contributed by atoms with E-state index in [2.05, 4.69) is 22.0 Å². The average molecular weight is 339 g/mol. The summed E-state index contributed by atoms with van der Waals surface area (Å²) in [6.45, 7) is 4.14. The lowest BCUT2D eigenvalue weighted by atomic mass is 10.2. The predicted molar refractivity (Wildman–Crippen MR) is 93.7 cm³/mol. The summed E-state index contributed by atoms with van der Waals surface area (Å²) in [5.74, 6) is -0.278. The van der Waals surface area contributed by atoms with Crippen molar-refractivity contribution in [3.8, 4) is 0 Å². The molecule has 7 heteroatoms. The molecule has 0 atom stereocenters.